The van der Waals surface area contributed by atoms with Gasteiger partial charge in [-0.3, -0.25) is 0 Å². The van der Waals surface area contributed by atoms with E-state index in [1.807, 2.05) is 0 Å². The molecule has 0 aromatic carbocycles. The van der Waals surface area contributed by atoms with Crippen molar-refractivity contribution in [3.8, 4) is 0 Å². The summed E-state index contributed by atoms with van der Waals surface area (Å²) in [4.78, 5) is 4.62. The van der Waals surface area contributed by atoms with Crippen LogP contribution in [0.1, 0.15) is 19.3 Å². The quantitative estimate of drug-likeness (QED) is 0.406. The minimum Gasteiger partial charge on any atom is -0.301 e. The fraction of sp³-hybridized carbons (Fsp3) is 0.667. The van der Waals surface area contributed by atoms with Gasteiger partial charge in [0.15, 0.2) is 0 Å². The van der Waals surface area contributed by atoms with Crippen LogP contribution in [0, 0.1) is 0 Å². The number of nitrogens with two attached hydrogens (primary N) is 1. The molecule has 0 aliphatic heterocycles. The second-order valence-corrected chi connectivity index (χ2v) is 2.25. The van der Waals surface area contributed by atoms with Crippen molar-refractivity contribution in [1.29, 1.82) is 0 Å². The Morgan fingerprint density at radius 1 is 1.75 bits per heavy atom. The van der Waals surface area contributed by atoms with Crippen molar-refractivity contribution in [3.63, 3.8) is 0 Å². The van der Waals surface area contributed by atoms with E-state index in [9.17, 15) is 0 Å². The van der Waals surface area contributed by atoms with Crippen molar-refractivity contribution in [3.05, 3.63) is 12.2 Å². The molecule has 1 atom stereocenters. The smallest absolute Gasteiger partial charge is 0.0827 e. The summed E-state index contributed by atoms with van der Waals surface area (Å²) in [6.45, 7) is 3.82. The summed E-state index contributed by atoms with van der Waals surface area (Å²) in [6, 6.07) is 0. The Balaban J connectivity index is 2.32. The zero-order chi connectivity index (χ0) is 5.98. The van der Waals surface area contributed by atoms with E-state index < -0.39 is 0 Å². The van der Waals surface area contributed by atoms with Crippen molar-refractivity contribution < 1.29 is 4.84 Å². The molecule has 0 heterocycles. The van der Waals surface area contributed by atoms with Gasteiger partial charge in [-0.25, -0.2) is 5.90 Å². The summed E-state index contributed by atoms with van der Waals surface area (Å²) in [6.07, 6.45) is 3.34. The van der Waals surface area contributed by atoms with Crippen LogP contribution in [0.2, 0.25) is 0 Å². The van der Waals surface area contributed by atoms with Crippen LogP contribution < -0.4 is 5.90 Å². The average molecular weight is 113 g/mol. The van der Waals surface area contributed by atoms with Crippen LogP contribution in [0.25, 0.3) is 0 Å². The molecule has 0 saturated heterocycles. The Bertz CT molecular complexity index is 101. The van der Waals surface area contributed by atoms with Gasteiger partial charge in [0.1, 0.15) is 0 Å². The Labute approximate surface area is 49.3 Å². The maximum absolute atomic E-state index is 4.95. The van der Waals surface area contributed by atoms with Crippen LogP contribution >= 0.6 is 0 Å². The molecule has 1 fully saturated rings. The average Bonchev–Trinajstić information content (AvgIpc) is 2.14. The molecular formula is C6H11NO. The van der Waals surface area contributed by atoms with E-state index >= 15 is 0 Å². The first-order valence-corrected chi connectivity index (χ1v) is 2.85. The van der Waals surface area contributed by atoms with Gasteiger partial charge in [-0.05, 0) is 19.3 Å². The summed E-state index contributed by atoms with van der Waals surface area (Å²) >= 11 is 0. The molecule has 2 nitrogen and oxygen atoms in total. The van der Waals surface area contributed by atoms with Gasteiger partial charge in [0.2, 0.25) is 0 Å². The third kappa shape index (κ3) is 1.08. The molecule has 8 heavy (non-hydrogen) atoms. The molecule has 1 saturated carbocycles. The lowest BCUT2D eigenvalue weighted by molar-refractivity contribution is 0.0607. The van der Waals surface area contributed by atoms with E-state index in [1.54, 1.807) is 0 Å². The predicted octanol–water partition coefficient (Wildman–Crippen LogP) is 0.985. The third-order valence-electron chi connectivity index (χ3n) is 1.53. The highest BCUT2D eigenvalue weighted by Gasteiger charge is 2.16. The first-order chi connectivity index (χ1) is 3.83. The minimum absolute atomic E-state index is 0.252. The second kappa shape index (κ2) is 2.29. The normalized spacial score (nSPS) is 29.1. The van der Waals surface area contributed by atoms with Crippen molar-refractivity contribution in [1.82, 2.24) is 0 Å². The van der Waals surface area contributed by atoms with Gasteiger partial charge in [-0.1, -0.05) is 12.2 Å². The van der Waals surface area contributed by atoms with Gasteiger partial charge in [-0.2, -0.15) is 0 Å². The lowest BCUT2D eigenvalue weighted by Gasteiger charge is -2.01. The molecule has 0 aromatic rings. The van der Waals surface area contributed by atoms with Crippen molar-refractivity contribution in [2.24, 2.45) is 5.90 Å². The number of hydrogen-bond donors (Lipinski definition) is 1. The van der Waals surface area contributed by atoms with Gasteiger partial charge in [0.05, 0.1) is 6.10 Å². The van der Waals surface area contributed by atoms with E-state index in [4.69, 9.17) is 5.90 Å². The number of rotatable bonds is 1. The van der Waals surface area contributed by atoms with E-state index in [0.29, 0.717) is 0 Å². The standard InChI is InChI=1S/C6H11NO/c1-5-2-3-6(4-5)8-7/h6H,1-4,7H2/t6-/m0/s1. The molecule has 0 spiro atoms. The molecular weight excluding hydrogens is 102 g/mol. The van der Waals surface area contributed by atoms with Crippen LogP contribution in [-0.4, -0.2) is 6.10 Å². The molecule has 1 aliphatic rings. The maximum Gasteiger partial charge on any atom is 0.0827 e. The van der Waals surface area contributed by atoms with E-state index in [1.165, 1.54) is 5.57 Å². The molecule has 1 aliphatic carbocycles. The van der Waals surface area contributed by atoms with Crippen LogP contribution in [-0.2, 0) is 4.84 Å². The largest absolute Gasteiger partial charge is 0.301 e. The zero-order valence-electron chi connectivity index (χ0n) is 4.89. The molecule has 2 heteroatoms. The Morgan fingerprint density at radius 3 is 2.75 bits per heavy atom. The third-order valence-corrected chi connectivity index (χ3v) is 1.53. The topological polar surface area (TPSA) is 35.2 Å². The van der Waals surface area contributed by atoms with E-state index in [2.05, 4.69) is 11.4 Å². The highest BCUT2D eigenvalue weighted by molar-refractivity contribution is 5.02. The summed E-state index contributed by atoms with van der Waals surface area (Å²) in [5.41, 5.74) is 1.26. The van der Waals surface area contributed by atoms with Gasteiger partial charge in [-0.15, -0.1) is 0 Å². The molecule has 0 aromatic heterocycles. The van der Waals surface area contributed by atoms with Gasteiger partial charge in [0, 0.05) is 0 Å². The maximum atomic E-state index is 4.95. The highest BCUT2D eigenvalue weighted by Crippen LogP contribution is 2.23. The van der Waals surface area contributed by atoms with Crippen LogP contribution in [0.4, 0.5) is 0 Å². The summed E-state index contributed by atoms with van der Waals surface area (Å²) < 4.78 is 0. The molecule has 0 unspecified atom stereocenters. The molecule has 0 bridgehead atoms. The Hall–Kier alpha value is -0.340. The predicted molar refractivity (Wildman–Crippen MR) is 32.1 cm³/mol. The van der Waals surface area contributed by atoms with Gasteiger partial charge < -0.3 is 4.84 Å². The van der Waals surface area contributed by atoms with Crippen molar-refractivity contribution in [2.45, 2.75) is 25.4 Å². The second-order valence-electron chi connectivity index (χ2n) is 2.25. The lowest BCUT2D eigenvalue weighted by atomic mass is 10.3. The van der Waals surface area contributed by atoms with Crippen molar-refractivity contribution >= 4 is 0 Å². The molecule has 0 radical (unpaired) electrons. The minimum atomic E-state index is 0.252. The fourth-order valence-corrected chi connectivity index (χ4v) is 1.01. The van der Waals surface area contributed by atoms with Crippen LogP contribution in [0.3, 0.4) is 0 Å². The van der Waals surface area contributed by atoms with Crippen molar-refractivity contribution in [2.75, 3.05) is 0 Å². The Morgan fingerprint density at radius 2 is 2.50 bits per heavy atom. The summed E-state index contributed by atoms with van der Waals surface area (Å²) in [5, 5.41) is 0. The Kier molecular flexibility index (Phi) is 1.65. The molecule has 46 valence electrons. The highest BCUT2D eigenvalue weighted by atomic mass is 16.6. The zero-order valence-corrected chi connectivity index (χ0v) is 4.89. The monoisotopic (exact) mass is 113 g/mol. The summed E-state index contributed by atoms with van der Waals surface area (Å²) in [7, 11) is 0. The molecule has 0 amide bonds. The van der Waals surface area contributed by atoms with Crippen LogP contribution in [0.15, 0.2) is 12.2 Å². The number of hydrogen-bond acceptors (Lipinski definition) is 2. The van der Waals surface area contributed by atoms with Gasteiger partial charge in [0.25, 0.3) is 0 Å². The first kappa shape index (κ1) is 5.79. The summed E-state index contributed by atoms with van der Waals surface area (Å²) in [5.74, 6) is 4.95. The lowest BCUT2D eigenvalue weighted by Crippen LogP contribution is -2.11. The van der Waals surface area contributed by atoms with E-state index in [0.717, 1.165) is 19.3 Å². The molecule has 2 N–H and O–H groups in total. The fourth-order valence-electron chi connectivity index (χ4n) is 1.01. The first-order valence-electron chi connectivity index (χ1n) is 2.85. The molecule has 1 rings (SSSR count). The van der Waals surface area contributed by atoms with Gasteiger partial charge >= 0.3 is 0 Å². The van der Waals surface area contributed by atoms with Crippen LogP contribution in [0.5, 0.6) is 0 Å². The SMILES string of the molecule is C=C1CC[C@H](ON)C1. The van der Waals surface area contributed by atoms with E-state index in [-0.39, 0.29) is 6.10 Å².